The highest BCUT2D eigenvalue weighted by atomic mass is 31.2. The molecule has 0 spiro atoms. The van der Waals surface area contributed by atoms with Crippen LogP contribution in [0.25, 0.3) is 0 Å². The van der Waals surface area contributed by atoms with Gasteiger partial charge in [0.2, 0.25) is 5.91 Å². The number of allylic oxidation sites excluding steroid dienone is 4. The van der Waals surface area contributed by atoms with Crippen molar-refractivity contribution in [3.05, 3.63) is 36.5 Å². The molecule has 0 aliphatic rings. The minimum Gasteiger partial charge on any atom is -0.756 e. The Bertz CT molecular complexity index is 917. The number of phosphoric ester groups is 1. The molecule has 9 heteroatoms. The quantitative estimate of drug-likeness (QED) is 0.0288. The molecule has 0 radical (unpaired) electrons. The van der Waals surface area contributed by atoms with Crippen LogP contribution in [-0.2, 0) is 18.4 Å². The fraction of sp³-hybridized carbons (Fsp3) is 0.829. The number of likely N-dealkylation sites (N-methyl/N-ethyl adjacent to an activating group) is 1. The second kappa shape index (κ2) is 33.5. The number of carbonyl (C=O) groups excluding carboxylic acids is 1. The number of unbranched alkanes of at least 4 members (excludes halogenated alkanes) is 19. The summed E-state index contributed by atoms with van der Waals surface area (Å²) in [5.41, 5.74) is 0. The largest absolute Gasteiger partial charge is 0.756 e. The predicted molar refractivity (Wildman–Crippen MR) is 210 cm³/mol. The Morgan fingerprint density at radius 1 is 0.700 bits per heavy atom. The van der Waals surface area contributed by atoms with Crippen LogP contribution in [0.4, 0.5) is 0 Å². The molecule has 1 amide bonds. The lowest BCUT2D eigenvalue weighted by Crippen LogP contribution is -2.46. The van der Waals surface area contributed by atoms with Crippen molar-refractivity contribution in [1.82, 2.24) is 5.32 Å². The maximum atomic E-state index is 12.7. The molecule has 50 heavy (non-hydrogen) atoms. The SMILES string of the molecule is CCCCCCCCCCCC=CCC=CCC(=O)N[C@@H](COP(=O)([O-])OCC[N+](C)(C)C)[C@H](O)CC=CCCCCCCCCCCCC. The van der Waals surface area contributed by atoms with Crippen LogP contribution in [0.15, 0.2) is 36.5 Å². The molecule has 0 aromatic rings. The number of amides is 1. The summed E-state index contributed by atoms with van der Waals surface area (Å²) in [6, 6.07) is -0.890. The highest BCUT2D eigenvalue weighted by molar-refractivity contribution is 7.45. The van der Waals surface area contributed by atoms with Crippen molar-refractivity contribution < 1.29 is 32.9 Å². The van der Waals surface area contributed by atoms with Gasteiger partial charge in [-0.1, -0.05) is 159 Å². The first-order chi connectivity index (χ1) is 24.0. The van der Waals surface area contributed by atoms with Crippen LogP contribution < -0.4 is 10.2 Å². The Morgan fingerprint density at radius 2 is 1.16 bits per heavy atom. The lowest BCUT2D eigenvalue weighted by Gasteiger charge is -2.29. The van der Waals surface area contributed by atoms with E-state index in [1.165, 1.54) is 116 Å². The molecule has 0 bridgehead atoms. The number of aliphatic hydroxyl groups excluding tert-OH is 1. The van der Waals surface area contributed by atoms with E-state index >= 15 is 0 Å². The standard InChI is InChI=1S/C41H79N2O6P/c1-6-8-10-12-14-16-18-20-21-23-25-27-29-31-33-35-41(45)42-39(38-49-50(46,47)48-37-36-43(3,4)5)40(44)34-32-30-28-26-24-22-19-17-15-13-11-9-7-2/h25,27,30-33,39-40,44H,6-24,26,28-29,34-38H2,1-5H3,(H-,42,45,46,47)/t39-,40+/m0/s1. The molecule has 0 heterocycles. The van der Waals surface area contributed by atoms with Crippen molar-refractivity contribution in [2.45, 2.75) is 180 Å². The number of carbonyl (C=O) groups is 1. The first-order valence-electron chi connectivity index (χ1n) is 20.3. The van der Waals surface area contributed by atoms with Crippen LogP contribution in [0.1, 0.15) is 168 Å². The molecule has 0 saturated heterocycles. The third kappa shape index (κ3) is 35.1. The number of nitrogens with zero attached hydrogens (tertiary/aromatic N) is 1. The van der Waals surface area contributed by atoms with E-state index in [9.17, 15) is 19.4 Å². The summed E-state index contributed by atoms with van der Waals surface area (Å²) in [6.45, 7) is 4.59. The van der Waals surface area contributed by atoms with Crippen molar-refractivity contribution >= 4 is 13.7 Å². The van der Waals surface area contributed by atoms with Gasteiger partial charge < -0.3 is 28.8 Å². The summed E-state index contributed by atoms with van der Waals surface area (Å²) in [5.74, 6) is -0.298. The van der Waals surface area contributed by atoms with Gasteiger partial charge in [-0.15, -0.1) is 0 Å². The molecule has 0 rings (SSSR count). The van der Waals surface area contributed by atoms with Gasteiger partial charge in [0.1, 0.15) is 13.2 Å². The van der Waals surface area contributed by atoms with E-state index < -0.39 is 26.6 Å². The van der Waals surface area contributed by atoms with Gasteiger partial charge in [-0.25, -0.2) is 0 Å². The van der Waals surface area contributed by atoms with Gasteiger partial charge in [-0.2, -0.15) is 0 Å². The number of quaternary nitrogens is 1. The predicted octanol–water partition coefficient (Wildman–Crippen LogP) is 10.1. The highest BCUT2D eigenvalue weighted by Gasteiger charge is 2.23. The number of hydrogen-bond acceptors (Lipinski definition) is 6. The number of hydrogen-bond donors (Lipinski definition) is 2. The van der Waals surface area contributed by atoms with Crippen LogP contribution in [0.3, 0.4) is 0 Å². The molecule has 0 aromatic heterocycles. The Balaban J connectivity index is 4.60. The van der Waals surface area contributed by atoms with Crippen molar-refractivity contribution in [3.8, 4) is 0 Å². The Labute approximate surface area is 308 Å². The zero-order valence-electron chi connectivity index (χ0n) is 33.1. The third-order valence-electron chi connectivity index (χ3n) is 8.89. The van der Waals surface area contributed by atoms with E-state index in [2.05, 4.69) is 37.4 Å². The molecule has 8 nitrogen and oxygen atoms in total. The van der Waals surface area contributed by atoms with Gasteiger partial charge in [-0.05, 0) is 38.5 Å². The molecular weight excluding hydrogens is 647 g/mol. The monoisotopic (exact) mass is 727 g/mol. The maximum absolute atomic E-state index is 12.7. The van der Waals surface area contributed by atoms with Crippen LogP contribution in [0.2, 0.25) is 0 Å². The topological polar surface area (TPSA) is 108 Å². The molecule has 0 fully saturated rings. The van der Waals surface area contributed by atoms with E-state index in [1.54, 1.807) is 6.08 Å². The van der Waals surface area contributed by atoms with Crippen LogP contribution in [0.5, 0.6) is 0 Å². The van der Waals surface area contributed by atoms with Crippen molar-refractivity contribution in [2.24, 2.45) is 0 Å². The zero-order chi connectivity index (χ0) is 37.2. The molecule has 1 unspecified atom stereocenters. The fourth-order valence-corrected chi connectivity index (χ4v) is 6.29. The average Bonchev–Trinajstić information content (AvgIpc) is 3.06. The molecule has 0 saturated carbocycles. The van der Waals surface area contributed by atoms with E-state index in [0.29, 0.717) is 11.0 Å². The minimum absolute atomic E-state index is 0.00993. The van der Waals surface area contributed by atoms with E-state index in [-0.39, 0.29) is 25.4 Å². The molecule has 0 aromatic carbocycles. The molecule has 3 atom stereocenters. The number of nitrogens with one attached hydrogen (secondary N) is 1. The van der Waals surface area contributed by atoms with Crippen molar-refractivity contribution in [2.75, 3.05) is 40.9 Å². The summed E-state index contributed by atoms with van der Waals surface area (Å²) in [7, 11) is 1.23. The maximum Gasteiger partial charge on any atom is 0.268 e. The number of aliphatic hydroxyl groups is 1. The minimum atomic E-state index is -4.59. The average molecular weight is 727 g/mol. The molecule has 2 N–H and O–H groups in total. The smallest absolute Gasteiger partial charge is 0.268 e. The summed E-state index contributed by atoms with van der Waals surface area (Å²) in [5, 5.41) is 13.7. The zero-order valence-corrected chi connectivity index (χ0v) is 34.0. The molecular formula is C41H79N2O6P. The molecule has 0 aliphatic heterocycles. The van der Waals surface area contributed by atoms with Gasteiger partial charge in [0.25, 0.3) is 7.82 Å². The van der Waals surface area contributed by atoms with Gasteiger partial charge in [-0.3, -0.25) is 9.36 Å². The van der Waals surface area contributed by atoms with Gasteiger partial charge >= 0.3 is 0 Å². The lowest BCUT2D eigenvalue weighted by atomic mass is 10.1. The van der Waals surface area contributed by atoms with Crippen molar-refractivity contribution in [1.29, 1.82) is 0 Å². The number of phosphoric acid groups is 1. The van der Waals surface area contributed by atoms with Crippen LogP contribution in [0, 0.1) is 0 Å². The molecule has 294 valence electrons. The van der Waals surface area contributed by atoms with Gasteiger partial charge in [0.15, 0.2) is 0 Å². The number of rotatable bonds is 36. The second-order valence-corrected chi connectivity index (χ2v) is 16.4. The normalized spacial score (nSPS) is 14.9. The lowest BCUT2D eigenvalue weighted by molar-refractivity contribution is -0.870. The van der Waals surface area contributed by atoms with Gasteiger partial charge in [0.05, 0.1) is 39.9 Å². The first-order valence-corrected chi connectivity index (χ1v) is 21.8. The summed E-state index contributed by atoms with van der Waals surface area (Å²) in [4.78, 5) is 25.1. The van der Waals surface area contributed by atoms with Crippen LogP contribution in [-0.4, -0.2) is 68.5 Å². The Hall–Kier alpha value is -1.28. The van der Waals surface area contributed by atoms with Crippen LogP contribution >= 0.6 is 7.82 Å². The van der Waals surface area contributed by atoms with Gasteiger partial charge in [0, 0.05) is 6.42 Å². The summed E-state index contributed by atoms with van der Waals surface area (Å²) in [6.07, 6.45) is 39.1. The van der Waals surface area contributed by atoms with E-state index in [0.717, 1.165) is 25.7 Å². The summed E-state index contributed by atoms with van der Waals surface area (Å²) < 4.78 is 23.1. The Kier molecular flexibility index (Phi) is 32.7. The second-order valence-electron chi connectivity index (χ2n) is 15.0. The fourth-order valence-electron chi connectivity index (χ4n) is 5.57. The Morgan fingerprint density at radius 3 is 1.66 bits per heavy atom. The van der Waals surface area contributed by atoms with Crippen molar-refractivity contribution in [3.63, 3.8) is 0 Å². The first kappa shape index (κ1) is 48.7. The summed E-state index contributed by atoms with van der Waals surface area (Å²) >= 11 is 0. The van der Waals surface area contributed by atoms with E-state index in [1.807, 2.05) is 33.3 Å². The third-order valence-corrected chi connectivity index (χ3v) is 9.85. The van der Waals surface area contributed by atoms with E-state index in [4.69, 9.17) is 9.05 Å². The molecule has 0 aliphatic carbocycles. The highest BCUT2D eigenvalue weighted by Crippen LogP contribution is 2.38.